The van der Waals surface area contributed by atoms with E-state index in [1.807, 2.05) is 20.8 Å². The summed E-state index contributed by atoms with van der Waals surface area (Å²) in [5, 5.41) is 10.3. The van der Waals surface area contributed by atoms with Crippen molar-refractivity contribution in [3.63, 3.8) is 0 Å². The lowest BCUT2D eigenvalue weighted by Gasteiger charge is -2.37. The Kier molecular flexibility index (Phi) is 5.57. The van der Waals surface area contributed by atoms with E-state index >= 15 is 0 Å². The maximum atomic E-state index is 10.3. The average Bonchev–Trinajstić information content (AvgIpc) is 2.69. The van der Waals surface area contributed by atoms with E-state index in [1.165, 1.54) is 14.2 Å². The third-order valence-corrected chi connectivity index (χ3v) is 4.00. The number of rotatable bonds is 7. The second-order valence-electron chi connectivity index (χ2n) is 6.00. The molecule has 120 valence electrons. The molecule has 20 heavy (non-hydrogen) atoms. The molecule has 1 aliphatic rings. The molecule has 0 aromatic heterocycles. The third kappa shape index (κ3) is 3.69. The summed E-state index contributed by atoms with van der Waals surface area (Å²) in [4.78, 5) is 0. The first kappa shape index (κ1) is 17.8. The Hall–Kier alpha value is -0.240. The minimum Gasteiger partial charge on any atom is -0.387 e. The number of ether oxygens (including phenoxy) is 5. The van der Waals surface area contributed by atoms with Gasteiger partial charge in [0.25, 0.3) is 0 Å². The first-order valence-corrected chi connectivity index (χ1v) is 6.78. The van der Waals surface area contributed by atoms with E-state index in [1.54, 1.807) is 14.0 Å². The van der Waals surface area contributed by atoms with Crippen molar-refractivity contribution in [3.05, 3.63) is 0 Å². The van der Waals surface area contributed by atoms with Gasteiger partial charge in [-0.2, -0.15) is 0 Å². The molecule has 0 bridgehead atoms. The summed E-state index contributed by atoms with van der Waals surface area (Å²) >= 11 is 0. The summed E-state index contributed by atoms with van der Waals surface area (Å²) in [7, 11) is 4.58. The van der Waals surface area contributed by atoms with E-state index < -0.39 is 23.3 Å². The number of aliphatic hydroxyl groups is 1. The van der Waals surface area contributed by atoms with Gasteiger partial charge in [0.05, 0.1) is 12.7 Å². The number of aliphatic hydroxyl groups excluding tert-OH is 1. The Morgan fingerprint density at radius 2 is 1.75 bits per heavy atom. The van der Waals surface area contributed by atoms with Gasteiger partial charge in [0.2, 0.25) is 0 Å². The van der Waals surface area contributed by atoms with Gasteiger partial charge in [0.15, 0.2) is 11.6 Å². The summed E-state index contributed by atoms with van der Waals surface area (Å²) in [6.07, 6.45) is -0.888. The Labute approximate surface area is 121 Å². The van der Waals surface area contributed by atoms with Crippen molar-refractivity contribution in [2.75, 3.05) is 27.9 Å². The SMILES string of the molecule is COC(CC(O)C(C)(OC)OC)C1(C)COC(C)(C)O1. The fourth-order valence-electron chi connectivity index (χ4n) is 2.46. The van der Waals surface area contributed by atoms with Gasteiger partial charge in [-0.3, -0.25) is 0 Å². The van der Waals surface area contributed by atoms with Crippen LogP contribution in [0.1, 0.15) is 34.1 Å². The second kappa shape index (κ2) is 6.25. The maximum Gasteiger partial charge on any atom is 0.191 e. The van der Waals surface area contributed by atoms with Crippen LogP contribution in [-0.2, 0) is 23.7 Å². The lowest BCUT2D eigenvalue weighted by molar-refractivity contribution is -0.258. The summed E-state index contributed by atoms with van der Waals surface area (Å²) in [6, 6.07) is 0. The van der Waals surface area contributed by atoms with Gasteiger partial charge in [-0.1, -0.05) is 0 Å². The van der Waals surface area contributed by atoms with Crippen molar-refractivity contribution in [3.8, 4) is 0 Å². The highest BCUT2D eigenvalue weighted by atomic mass is 16.8. The van der Waals surface area contributed by atoms with Crippen LogP contribution in [0.3, 0.4) is 0 Å². The fraction of sp³-hybridized carbons (Fsp3) is 1.00. The highest BCUT2D eigenvalue weighted by Gasteiger charge is 2.49. The molecule has 1 aliphatic heterocycles. The quantitative estimate of drug-likeness (QED) is 0.714. The van der Waals surface area contributed by atoms with Gasteiger partial charge in [-0.05, 0) is 27.7 Å². The molecule has 0 saturated carbocycles. The molecule has 0 aromatic rings. The number of hydrogen-bond donors (Lipinski definition) is 1. The first-order chi connectivity index (χ1) is 9.12. The molecule has 1 N–H and O–H groups in total. The first-order valence-electron chi connectivity index (χ1n) is 6.78. The molecule has 1 heterocycles. The molecule has 0 aliphatic carbocycles. The van der Waals surface area contributed by atoms with E-state index in [2.05, 4.69) is 0 Å². The number of hydrogen-bond acceptors (Lipinski definition) is 6. The predicted molar refractivity (Wildman–Crippen MR) is 73.4 cm³/mol. The third-order valence-electron chi connectivity index (χ3n) is 4.00. The molecule has 6 nitrogen and oxygen atoms in total. The highest BCUT2D eigenvalue weighted by molar-refractivity contribution is 4.94. The van der Waals surface area contributed by atoms with Crippen molar-refractivity contribution in [2.45, 2.75) is 63.5 Å². The van der Waals surface area contributed by atoms with Crippen LogP contribution in [0.4, 0.5) is 0 Å². The molecule has 0 aromatic carbocycles. The normalized spacial score (nSPS) is 29.4. The zero-order chi connectivity index (χ0) is 15.6. The molecule has 1 fully saturated rings. The molecule has 6 heteroatoms. The van der Waals surface area contributed by atoms with Gasteiger partial charge in [-0.25, -0.2) is 0 Å². The van der Waals surface area contributed by atoms with E-state index in [-0.39, 0.29) is 6.10 Å². The summed E-state index contributed by atoms with van der Waals surface area (Å²) in [5.41, 5.74) is -0.623. The molecular formula is C14H28O6. The van der Waals surface area contributed by atoms with Gasteiger partial charge in [0, 0.05) is 27.8 Å². The van der Waals surface area contributed by atoms with Crippen molar-refractivity contribution in [1.29, 1.82) is 0 Å². The van der Waals surface area contributed by atoms with Crippen LogP contribution in [0, 0.1) is 0 Å². The Balaban J connectivity index is 2.78. The molecular weight excluding hydrogens is 264 g/mol. The van der Waals surface area contributed by atoms with Crippen molar-refractivity contribution in [1.82, 2.24) is 0 Å². The van der Waals surface area contributed by atoms with Crippen LogP contribution in [0.25, 0.3) is 0 Å². The van der Waals surface area contributed by atoms with Crippen LogP contribution < -0.4 is 0 Å². The highest BCUT2D eigenvalue weighted by Crippen LogP contribution is 2.36. The molecule has 0 amide bonds. The van der Waals surface area contributed by atoms with Crippen LogP contribution in [0.15, 0.2) is 0 Å². The monoisotopic (exact) mass is 292 g/mol. The Bertz CT molecular complexity index is 315. The van der Waals surface area contributed by atoms with E-state index in [0.717, 1.165) is 0 Å². The Morgan fingerprint density at radius 1 is 1.20 bits per heavy atom. The lowest BCUT2D eigenvalue weighted by atomic mass is 9.92. The van der Waals surface area contributed by atoms with Gasteiger partial charge >= 0.3 is 0 Å². The van der Waals surface area contributed by atoms with E-state index in [9.17, 15) is 5.11 Å². The molecule has 3 atom stereocenters. The fourth-order valence-corrected chi connectivity index (χ4v) is 2.46. The van der Waals surface area contributed by atoms with E-state index in [0.29, 0.717) is 13.0 Å². The minimum absolute atomic E-state index is 0.310. The van der Waals surface area contributed by atoms with E-state index in [4.69, 9.17) is 23.7 Å². The topological polar surface area (TPSA) is 66.4 Å². The molecule has 0 spiro atoms. The standard InChI is InChI=1S/C14H28O6/c1-12(2)19-9-13(3,20-12)11(16-5)8-10(15)14(4,17-6)18-7/h10-11,15H,8-9H2,1-7H3. The molecule has 1 rings (SSSR count). The van der Waals surface area contributed by atoms with Gasteiger partial charge < -0.3 is 28.8 Å². The van der Waals surface area contributed by atoms with Crippen molar-refractivity contribution in [2.24, 2.45) is 0 Å². The number of methoxy groups -OCH3 is 3. The lowest BCUT2D eigenvalue weighted by Crippen LogP contribution is -2.51. The zero-order valence-electron chi connectivity index (χ0n) is 13.6. The molecule has 1 saturated heterocycles. The van der Waals surface area contributed by atoms with Gasteiger partial charge in [-0.15, -0.1) is 0 Å². The smallest absolute Gasteiger partial charge is 0.191 e. The Morgan fingerprint density at radius 3 is 2.10 bits per heavy atom. The summed E-state index contributed by atoms with van der Waals surface area (Å²) in [6.45, 7) is 7.72. The maximum absolute atomic E-state index is 10.3. The van der Waals surface area contributed by atoms with Crippen molar-refractivity contribution < 1.29 is 28.8 Å². The molecule has 3 unspecified atom stereocenters. The second-order valence-corrected chi connectivity index (χ2v) is 6.00. The van der Waals surface area contributed by atoms with Crippen molar-refractivity contribution >= 4 is 0 Å². The summed E-state index contributed by atoms with van der Waals surface area (Å²) < 4.78 is 27.5. The zero-order valence-corrected chi connectivity index (χ0v) is 13.6. The van der Waals surface area contributed by atoms with Gasteiger partial charge in [0.1, 0.15) is 11.7 Å². The van der Waals surface area contributed by atoms with Crippen LogP contribution in [0.2, 0.25) is 0 Å². The minimum atomic E-state index is -1.08. The molecule has 0 radical (unpaired) electrons. The van der Waals surface area contributed by atoms with Crippen LogP contribution in [0.5, 0.6) is 0 Å². The average molecular weight is 292 g/mol. The predicted octanol–water partition coefficient (Wildman–Crippen LogP) is 1.30. The van der Waals surface area contributed by atoms with Crippen LogP contribution in [-0.4, -0.2) is 62.4 Å². The van der Waals surface area contributed by atoms with Crippen LogP contribution >= 0.6 is 0 Å². The largest absolute Gasteiger partial charge is 0.387 e. The summed E-state index contributed by atoms with van der Waals surface area (Å²) in [5.74, 6) is -1.73.